The highest BCUT2D eigenvalue weighted by Gasteiger charge is 2.48. The van der Waals surface area contributed by atoms with Gasteiger partial charge in [0, 0.05) is 41.1 Å². The molecule has 2 heterocycles. The van der Waals surface area contributed by atoms with Crippen LogP contribution in [0.1, 0.15) is 29.0 Å². The largest absolute Gasteiger partial charge is 0.490 e. The Kier molecular flexibility index (Phi) is 9.39. The number of nitrogens with zero attached hydrogens (tertiary/aromatic N) is 3. The van der Waals surface area contributed by atoms with Gasteiger partial charge in [0.1, 0.15) is 19.0 Å². The van der Waals surface area contributed by atoms with Crippen molar-refractivity contribution in [2.45, 2.75) is 25.8 Å². The van der Waals surface area contributed by atoms with Gasteiger partial charge in [-0.2, -0.15) is 13.5 Å². The molecule has 0 radical (unpaired) electrons. The summed E-state index contributed by atoms with van der Waals surface area (Å²) in [5, 5.41) is 10.3. The van der Waals surface area contributed by atoms with Crippen LogP contribution in [0.2, 0.25) is 5.02 Å². The lowest BCUT2D eigenvalue weighted by Gasteiger charge is -2.29. The summed E-state index contributed by atoms with van der Waals surface area (Å²) in [6.07, 6.45) is 4.37. The highest BCUT2D eigenvalue weighted by atomic mass is 35.5. The fourth-order valence-corrected chi connectivity index (χ4v) is 6.36. The van der Waals surface area contributed by atoms with Crippen molar-refractivity contribution in [3.05, 3.63) is 94.8 Å². The van der Waals surface area contributed by atoms with Crippen LogP contribution in [0.4, 0.5) is 21.0 Å². The van der Waals surface area contributed by atoms with E-state index in [2.05, 4.69) is 21.8 Å². The van der Waals surface area contributed by atoms with Crippen molar-refractivity contribution in [3.8, 4) is 16.9 Å². The van der Waals surface area contributed by atoms with Gasteiger partial charge in [0.15, 0.2) is 0 Å². The number of carbonyl (C=O) groups excluding carboxylic acids is 2. The molecule has 14 heteroatoms. The molecule has 2 atom stereocenters. The Morgan fingerprint density at radius 3 is 2.74 bits per heavy atom. The number of ether oxygens (including phenoxy) is 2. The summed E-state index contributed by atoms with van der Waals surface area (Å²) in [6.45, 7) is 3.02. The first-order valence-corrected chi connectivity index (χ1v) is 17.1. The van der Waals surface area contributed by atoms with E-state index < -0.39 is 28.0 Å². The van der Waals surface area contributed by atoms with Gasteiger partial charge < -0.3 is 20.1 Å². The summed E-state index contributed by atoms with van der Waals surface area (Å²) in [4.78, 5) is 27.1. The molecule has 246 valence electrons. The molecule has 6 rings (SSSR count). The Morgan fingerprint density at radius 2 is 1.91 bits per heavy atom. The Bertz CT molecular complexity index is 1910. The van der Waals surface area contributed by atoms with Gasteiger partial charge in [-0.1, -0.05) is 41.9 Å². The second kappa shape index (κ2) is 13.6. The average molecular weight is 680 g/mol. The number of amides is 3. The maximum atomic E-state index is 13.2. The highest BCUT2D eigenvalue weighted by Crippen LogP contribution is 2.57. The van der Waals surface area contributed by atoms with Gasteiger partial charge in [-0.25, -0.2) is 9.59 Å². The number of fused-ring (bicyclic) bond motifs is 3. The van der Waals surface area contributed by atoms with Gasteiger partial charge >= 0.3 is 12.1 Å². The topological polar surface area (TPSA) is 152 Å². The van der Waals surface area contributed by atoms with E-state index in [1.54, 1.807) is 33.8 Å². The molecule has 1 aromatic heterocycles. The number of carbonyl (C=O) groups is 2. The van der Waals surface area contributed by atoms with E-state index >= 15 is 0 Å². The van der Waals surface area contributed by atoms with Crippen LogP contribution in [0, 0.1) is 12.8 Å². The van der Waals surface area contributed by atoms with Crippen molar-refractivity contribution < 1.29 is 32.0 Å². The number of halogens is 1. The van der Waals surface area contributed by atoms with Crippen molar-refractivity contribution in [2.24, 2.45) is 5.92 Å². The first kappa shape index (κ1) is 32.4. The highest BCUT2D eigenvalue weighted by molar-refractivity contribution is 7.85. The van der Waals surface area contributed by atoms with Crippen molar-refractivity contribution >= 4 is 45.2 Å². The maximum Gasteiger partial charge on any atom is 0.414 e. The molecule has 0 bridgehead atoms. The molecule has 1 fully saturated rings. The van der Waals surface area contributed by atoms with Crippen molar-refractivity contribution in [3.63, 3.8) is 0 Å². The normalized spacial score (nSPS) is 16.5. The average Bonchev–Trinajstić information content (AvgIpc) is 3.68. The summed E-state index contributed by atoms with van der Waals surface area (Å²) >= 11 is 6.17. The molecule has 0 spiro atoms. The van der Waals surface area contributed by atoms with E-state index in [9.17, 15) is 18.0 Å². The molecule has 47 heavy (non-hydrogen) atoms. The standard InChI is InChI=1S/C33H34ClN5O7S/c1-21-28(34)8-4-10-30(21)45-12-13-46-33(41)39-20-23-16-27(23)31-26(7-3-9-29(31)39)24-17-36-38(19-24)18-22-5-2-6-25(15-22)37-32(40)35-11-14-47(42,43)44/h2-10,15,17,19,23,27H,11-14,16,18,20H2,1H3,(H2,35,37,40)(H,42,43,44). The fraction of sp³-hybridized carbons (Fsp3) is 0.303. The number of nitrogens with one attached hydrogen (secondary N) is 2. The number of anilines is 2. The molecule has 0 saturated heterocycles. The molecule has 1 saturated carbocycles. The predicted octanol–water partition coefficient (Wildman–Crippen LogP) is 5.71. The number of urea groups is 1. The molecular weight excluding hydrogens is 646 g/mol. The first-order valence-electron chi connectivity index (χ1n) is 15.1. The second-order valence-corrected chi connectivity index (χ2v) is 13.6. The third-order valence-electron chi connectivity index (χ3n) is 8.21. The van der Waals surface area contributed by atoms with E-state index in [4.69, 9.17) is 25.6 Å². The van der Waals surface area contributed by atoms with Gasteiger partial charge in [0.05, 0.1) is 24.2 Å². The summed E-state index contributed by atoms with van der Waals surface area (Å²) < 4.78 is 43.8. The Hall–Kier alpha value is -4.59. The van der Waals surface area contributed by atoms with Crippen molar-refractivity contribution in [1.29, 1.82) is 0 Å². The lowest BCUT2D eigenvalue weighted by molar-refractivity contribution is 0.130. The summed E-state index contributed by atoms with van der Waals surface area (Å²) in [7, 11) is -4.16. The van der Waals surface area contributed by atoms with Gasteiger partial charge in [-0.15, -0.1) is 0 Å². The minimum atomic E-state index is -4.16. The Morgan fingerprint density at radius 1 is 1.11 bits per heavy atom. The zero-order chi connectivity index (χ0) is 33.1. The van der Waals surface area contributed by atoms with Crippen molar-refractivity contribution in [2.75, 3.05) is 42.3 Å². The number of aromatic nitrogens is 2. The second-order valence-electron chi connectivity index (χ2n) is 11.6. The Labute approximate surface area is 277 Å². The van der Waals surface area contributed by atoms with Gasteiger partial charge in [-0.3, -0.25) is 14.1 Å². The number of hydrogen-bond acceptors (Lipinski definition) is 7. The van der Waals surface area contributed by atoms with Crippen LogP contribution >= 0.6 is 11.6 Å². The van der Waals surface area contributed by atoms with Crippen LogP contribution < -0.4 is 20.3 Å². The molecule has 12 nitrogen and oxygen atoms in total. The molecule has 2 aliphatic rings. The zero-order valence-corrected chi connectivity index (χ0v) is 27.1. The molecular formula is C33H34ClN5O7S. The predicted molar refractivity (Wildman–Crippen MR) is 178 cm³/mol. The molecule has 3 N–H and O–H groups in total. The molecule has 1 aliphatic carbocycles. The fourth-order valence-electron chi connectivity index (χ4n) is 5.83. The summed E-state index contributed by atoms with van der Waals surface area (Å²) in [5.74, 6) is 0.828. The van der Waals surface area contributed by atoms with Crippen LogP contribution in [0.25, 0.3) is 11.1 Å². The third-order valence-corrected chi connectivity index (χ3v) is 9.34. The SMILES string of the molecule is Cc1c(Cl)cccc1OCCOC(=O)N1CC2CC2c2c(-c3cnn(Cc4cccc(NC(=O)NCCS(=O)(=O)O)c4)c3)cccc21. The lowest BCUT2D eigenvalue weighted by atomic mass is 9.93. The van der Waals surface area contributed by atoms with E-state index in [-0.39, 0.29) is 19.8 Å². The van der Waals surface area contributed by atoms with E-state index in [0.29, 0.717) is 41.4 Å². The van der Waals surface area contributed by atoms with Crippen LogP contribution in [-0.4, -0.2) is 66.9 Å². The van der Waals surface area contributed by atoms with Gasteiger partial charge in [0.25, 0.3) is 10.1 Å². The quantitative estimate of drug-likeness (QED) is 0.135. The van der Waals surface area contributed by atoms with Crippen LogP contribution in [0.15, 0.2) is 73.1 Å². The van der Waals surface area contributed by atoms with Gasteiger partial charge in [-0.05, 0) is 72.2 Å². The Balaban J connectivity index is 1.09. The molecule has 4 aromatic rings. The number of hydrogen-bond donors (Lipinski definition) is 3. The summed E-state index contributed by atoms with van der Waals surface area (Å²) in [5.41, 5.74) is 6.17. The van der Waals surface area contributed by atoms with E-state index in [0.717, 1.165) is 39.9 Å². The van der Waals surface area contributed by atoms with Crippen LogP contribution in [0.3, 0.4) is 0 Å². The molecule has 3 amide bonds. The first-order chi connectivity index (χ1) is 22.6. The number of benzene rings is 3. The van der Waals surface area contributed by atoms with Crippen molar-refractivity contribution in [1.82, 2.24) is 15.1 Å². The molecule has 2 unspecified atom stereocenters. The van der Waals surface area contributed by atoms with Crippen LogP contribution in [0.5, 0.6) is 5.75 Å². The van der Waals surface area contributed by atoms with Crippen LogP contribution in [-0.2, 0) is 21.4 Å². The smallest absolute Gasteiger partial charge is 0.414 e. The minimum Gasteiger partial charge on any atom is -0.490 e. The molecule has 3 aromatic carbocycles. The van der Waals surface area contributed by atoms with E-state index in [1.807, 2.05) is 49.6 Å². The third kappa shape index (κ3) is 7.87. The minimum absolute atomic E-state index is 0.104. The zero-order valence-electron chi connectivity index (χ0n) is 25.6. The van der Waals surface area contributed by atoms with Gasteiger partial charge in [0.2, 0.25) is 0 Å². The van der Waals surface area contributed by atoms with E-state index in [1.165, 1.54) is 0 Å². The number of rotatable bonds is 11. The lowest BCUT2D eigenvalue weighted by Crippen LogP contribution is -2.37. The summed E-state index contributed by atoms with van der Waals surface area (Å²) in [6, 6.07) is 18.0. The molecule has 1 aliphatic heterocycles. The monoisotopic (exact) mass is 679 g/mol. The maximum absolute atomic E-state index is 13.2.